The molecule has 0 aliphatic rings. The summed E-state index contributed by atoms with van der Waals surface area (Å²) in [5, 5.41) is 23.5. The van der Waals surface area contributed by atoms with Crippen LogP contribution in [0.25, 0.3) is 10.6 Å². The molecular weight excluding hydrogens is 282 g/mol. The lowest BCUT2D eigenvalue weighted by molar-refractivity contribution is 0.475. The number of hydrogen-bond donors (Lipinski definition) is 2. The molecule has 4 nitrogen and oxygen atoms in total. The second-order valence-corrected chi connectivity index (χ2v) is 5.54. The molecule has 0 radical (unpaired) electrons. The van der Waals surface area contributed by atoms with Crippen molar-refractivity contribution >= 4 is 22.9 Å². The van der Waals surface area contributed by atoms with Crippen molar-refractivity contribution in [1.82, 2.24) is 15.5 Å². The summed E-state index contributed by atoms with van der Waals surface area (Å²) in [7, 11) is 0. The summed E-state index contributed by atoms with van der Waals surface area (Å²) in [5.74, 6) is 0.176. The number of aromatic nitrogens is 2. The molecule has 2 N–H and O–H groups in total. The van der Waals surface area contributed by atoms with Gasteiger partial charge in [-0.25, -0.2) is 0 Å². The molecule has 19 heavy (non-hydrogen) atoms. The molecule has 2 rings (SSSR count). The van der Waals surface area contributed by atoms with Crippen LogP contribution in [0.2, 0.25) is 5.02 Å². The first kappa shape index (κ1) is 14.2. The van der Waals surface area contributed by atoms with Gasteiger partial charge in [-0.15, -0.1) is 10.2 Å². The van der Waals surface area contributed by atoms with E-state index in [9.17, 15) is 5.11 Å². The molecule has 0 fully saturated rings. The number of halogens is 1. The van der Waals surface area contributed by atoms with Crippen molar-refractivity contribution in [1.29, 1.82) is 0 Å². The average molecular weight is 298 g/mol. The number of nitrogens with zero attached hydrogens (tertiary/aromatic N) is 2. The van der Waals surface area contributed by atoms with Crippen molar-refractivity contribution in [3.63, 3.8) is 0 Å². The van der Waals surface area contributed by atoms with Crippen LogP contribution in [-0.2, 0) is 0 Å². The predicted molar refractivity (Wildman–Crippen MR) is 78.7 cm³/mol. The monoisotopic (exact) mass is 297 g/mol. The third kappa shape index (κ3) is 3.23. The summed E-state index contributed by atoms with van der Waals surface area (Å²) in [4.78, 5) is 0. The normalized spacial score (nSPS) is 12.6. The second-order valence-electron chi connectivity index (χ2n) is 4.13. The zero-order valence-electron chi connectivity index (χ0n) is 10.9. The number of rotatable bonds is 5. The second kappa shape index (κ2) is 6.32. The molecule has 6 heteroatoms. The van der Waals surface area contributed by atoms with Gasteiger partial charge in [-0.1, -0.05) is 36.8 Å². The van der Waals surface area contributed by atoms with Crippen molar-refractivity contribution in [2.24, 2.45) is 0 Å². The average Bonchev–Trinajstić information content (AvgIpc) is 2.88. The minimum absolute atomic E-state index is 0.176. The van der Waals surface area contributed by atoms with Gasteiger partial charge in [-0.2, -0.15) is 0 Å². The highest BCUT2D eigenvalue weighted by Crippen LogP contribution is 2.34. The van der Waals surface area contributed by atoms with E-state index in [0.29, 0.717) is 5.02 Å². The fraction of sp³-hybridized carbons (Fsp3) is 0.385. The Bertz CT molecular complexity index is 559. The van der Waals surface area contributed by atoms with Gasteiger partial charge in [-0.3, -0.25) is 0 Å². The minimum atomic E-state index is 0.176. The number of benzene rings is 1. The number of phenolic OH excluding ortho intramolecular Hbond substituents is 1. The van der Waals surface area contributed by atoms with Crippen molar-refractivity contribution in [2.75, 3.05) is 6.54 Å². The highest BCUT2D eigenvalue weighted by atomic mass is 35.5. The standard InChI is InChI=1S/C13H16ClN3OS/c1-3-11(15-4-2)13-17-16-12(19-13)9-7-8(18)5-6-10(9)14/h5-7,11,15,18H,3-4H2,1-2H3. The van der Waals surface area contributed by atoms with Crippen LogP contribution in [0.15, 0.2) is 18.2 Å². The Labute approximate surface area is 121 Å². The molecule has 2 aromatic rings. The molecule has 0 saturated heterocycles. The van der Waals surface area contributed by atoms with E-state index in [4.69, 9.17) is 11.6 Å². The number of hydrogen-bond acceptors (Lipinski definition) is 5. The first-order valence-electron chi connectivity index (χ1n) is 6.21. The predicted octanol–water partition coefficient (Wildman–Crippen LogP) is 3.62. The molecule has 0 saturated carbocycles. The molecule has 102 valence electrons. The molecule has 0 aliphatic heterocycles. The van der Waals surface area contributed by atoms with Crippen LogP contribution >= 0.6 is 22.9 Å². The van der Waals surface area contributed by atoms with Crippen LogP contribution in [-0.4, -0.2) is 21.8 Å². The molecule has 0 aliphatic carbocycles. The molecule has 1 aromatic heterocycles. The van der Waals surface area contributed by atoms with Crippen LogP contribution in [0.4, 0.5) is 0 Å². The van der Waals surface area contributed by atoms with Gasteiger partial charge in [0.25, 0.3) is 0 Å². The lowest BCUT2D eigenvalue weighted by Gasteiger charge is -2.11. The fourth-order valence-corrected chi connectivity index (χ4v) is 3.11. The molecular formula is C13H16ClN3OS. The van der Waals surface area contributed by atoms with E-state index in [1.54, 1.807) is 18.2 Å². The molecule has 0 spiro atoms. The molecule has 1 aromatic carbocycles. The highest BCUT2D eigenvalue weighted by molar-refractivity contribution is 7.14. The summed E-state index contributed by atoms with van der Waals surface area (Å²) in [6.07, 6.45) is 0.955. The smallest absolute Gasteiger partial charge is 0.149 e. The van der Waals surface area contributed by atoms with E-state index in [0.717, 1.165) is 28.5 Å². The lowest BCUT2D eigenvalue weighted by atomic mass is 10.2. The van der Waals surface area contributed by atoms with Gasteiger partial charge in [0, 0.05) is 5.56 Å². The number of nitrogens with one attached hydrogen (secondary N) is 1. The van der Waals surface area contributed by atoms with Crippen LogP contribution in [0.5, 0.6) is 5.75 Å². The molecule has 1 unspecified atom stereocenters. The van der Waals surface area contributed by atoms with Gasteiger partial charge in [0.05, 0.1) is 11.1 Å². The van der Waals surface area contributed by atoms with Gasteiger partial charge < -0.3 is 10.4 Å². The van der Waals surface area contributed by atoms with E-state index < -0.39 is 0 Å². The maximum Gasteiger partial charge on any atom is 0.149 e. The largest absolute Gasteiger partial charge is 0.508 e. The summed E-state index contributed by atoms with van der Waals surface area (Å²) in [6, 6.07) is 5.05. The zero-order valence-corrected chi connectivity index (χ0v) is 12.4. The van der Waals surface area contributed by atoms with Crippen LogP contribution in [0.3, 0.4) is 0 Å². The van der Waals surface area contributed by atoms with E-state index in [-0.39, 0.29) is 11.8 Å². The lowest BCUT2D eigenvalue weighted by Crippen LogP contribution is -2.19. The summed E-state index contributed by atoms with van der Waals surface area (Å²) >= 11 is 7.63. The van der Waals surface area contributed by atoms with Crippen molar-refractivity contribution in [3.05, 3.63) is 28.2 Å². The summed E-state index contributed by atoms with van der Waals surface area (Å²) in [6.45, 7) is 5.06. The Morgan fingerprint density at radius 2 is 2.16 bits per heavy atom. The van der Waals surface area contributed by atoms with E-state index in [1.165, 1.54) is 11.3 Å². The van der Waals surface area contributed by atoms with Crippen molar-refractivity contribution < 1.29 is 5.11 Å². The third-order valence-electron chi connectivity index (χ3n) is 2.78. The Morgan fingerprint density at radius 3 is 2.84 bits per heavy atom. The first-order chi connectivity index (χ1) is 9.15. The first-order valence-corrected chi connectivity index (χ1v) is 7.40. The number of phenols is 1. The van der Waals surface area contributed by atoms with Gasteiger partial charge in [-0.05, 0) is 31.2 Å². The molecule has 0 amide bonds. The Hall–Kier alpha value is -1.17. The summed E-state index contributed by atoms with van der Waals surface area (Å²) < 4.78 is 0. The van der Waals surface area contributed by atoms with Crippen LogP contribution in [0, 0.1) is 0 Å². The fourth-order valence-electron chi connectivity index (χ4n) is 1.81. The van der Waals surface area contributed by atoms with Crippen molar-refractivity contribution in [3.8, 4) is 16.3 Å². The van der Waals surface area contributed by atoms with E-state index >= 15 is 0 Å². The molecule has 1 heterocycles. The van der Waals surface area contributed by atoms with Gasteiger partial charge >= 0.3 is 0 Å². The zero-order chi connectivity index (χ0) is 13.8. The van der Waals surface area contributed by atoms with Crippen molar-refractivity contribution in [2.45, 2.75) is 26.3 Å². The Balaban J connectivity index is 2.32. The van der Waals surface area contributed by atoms with E-state index in [2.05, 4.69) is 29.4 Å². The maximum absolute atomic E-state index is 9.53. The van der Waals surface area contributed by atoms with Crippen LogP contribution < -0.4 is 5.32 Å². The highest BCUT2D eigenvalue weighted by Gasteiger charge is 2.16. The van der Waals surface area contributed by atoms with Gasteiger partial charge in [0.1, 0.15) is 15.8 Å². The topological polar surface area (TPSA) is 58.0 Å². The molecule has 1 atom stereocenters. The SMILES string of the molecule is CCNC(CC)c1nnc(-c2cc(O)ccc2Cl)s1. The van der Waals surface area contributed by atoms with Gasteiger partial charge in [0.15, 0.2) is 0 Å². The quantitative estimate of drug-likeness (QED) is 0.885. The molecule has 0 bridgehead atoms. The Kier molecular flexibility index (Phi) is 4.74. The van der Waals surface area contributed by atoms with E-state index in [1.807, 2.05) is 0 Å². The van der Waals surface area contributed by atoms with Crippen LogP contribution in [0.1, 0.15) is 31.3 Å². The van der Waals surface area contributed by atoms with Gasteiger partial charge in [0.2, 0.25) is 0 Å². The Morgan fingerprint density at radius 1 is 1.37 bits per heavy atom. The summed E-state index contributed by atoms with van der Waals surface area (Å²) in [5.41, 5.74) is 0.719. The minimum Gasteiger partial charge on any atom is -0.508 e. The maximum atomic E-state index is 9.53. The number of aromatic hydroxyl groups is 1. The third-order valence-corrected chi connectivity index (χ3v) is 4.18.